The number of aromatic carboxylic acids is 1. The number of nitrogens with one attached hydrogen (secondary N) is 2. The largest absolute Gasteiger partial charge is 0.478 e. The van der Waals surface area contributed by atoms with Crippen LogP contribution in [0.3, 0.4) is 0 Å². The highest BCUT2D eigenvalue weighted by Gasteiger charge is 2.27. The predicted molar refractivity (Wildman–Crippen MR) is 189 cm³/mol. The number of carboxylic acid groups (broad SMARTS) is 1. The standard InChI is InChI=1S/C35H54N2O7Si2/c1-7-45(8-2,9-3)21-13-19-36-33(39)29-17-15-26(23-28(29)25-44-43)32(38)27-16-18-30(31(24-27)35(41)42)34(40)37-20-14-22-46(10-4,11-5)12-6/h15-18,23-24,43H,7-14,19-22,25H2,1-6H3,(H,36,39)(H,37,40)(H,41,42). The maximum Gasteiger partial charge on any atom is 0.336 e. The van der Waals surface area contributed by atoms with E-state index in [4.69, 9.17) is 0 Å². The van der Waals surface area contributed by atoms with Crippen LogP contribution in [0.4, 0.5) is 0 Å². The van der Waals surface area contributed by atoms with Crippen molar-refractivity contribution < 1.29 is 34.4 Å². The third-order valence-electron chi connectivity index (χ3n) is 10.4. The fourth-order valence-electron chi connectivity index (χ4n) is 6.45. The van der Waals surface area contributed by atoms with Gasteiger partial charge in [-0.05, 0) is 42.7 Å². The van der Waals surface area contributed by atoms with E-state index in [1.165, 1.54) is 72.7 Å². The van der Waals surface area contributed by atoms with E-state index in [0.717, 1.165) is 24.9 Å². The molecule has 0 heterocycles. The summed E-state index contributed by atoms with van der Waals surface area (Å²) in [5.41, 5.74) is 0.608. The van der Waals surface area contributed by atoms with Gasteiger partial charge in [-0.25, -0.2) is 9.68 Å². The van der Waals surface area contributed by atoms with E-state index >= 15 is 0 Å². The highest BCUT2D eigenvalue weighted by Crippen LogP contribution is 2.27. The van der Waals surface area contributed by atoms with Gasteiger partial charge in [0.15, 0.2) is 5.78 Å². The summed E-state index contributed by atoms with van der Waals surface area (Å²) >= 11 is 0. The van der Waals surface area contributed by atoms with Crippen molar-refractivity contribution in [2.45, 2.75) is 109 Å². The van der Waals surface area contributed by atoms with Crippen molar-refractivity contribution in [1.82, 2.24) is 10.6 Å². The van der Waals surface area contributed by atoms with E-state index < -0.39 is 33.8 Å². The van der Waals surface area contributed by atoms with Crippen LogP contribution in [-0.2, 0) is 11.5 Å². The maximum absolute atomic E-state index is 13.4. The number of carbonyl (C=O) groups is 4. The summed E-state index contributed by atoms with van der Waals surface area (Å²) in [5, 5.41) is 24.9. The van der Waals surface area contributed by atoms with Gasteiger partial charge in [-0.3, -0.25) is 19.6 Å². The average molecular weight is 671 g/mol. The molecule has 2 rings (SSSR count). The molecular weight excluding hydrogens is 617 g/mol. The van der Waals surface area contributed by atoms with E-state index in [-0.39, 0.29) is 40.3 Å². The molecule has 9 nitrogen and oxygen atoms in total. The Labute approximate surface area is 276 Å². The molecule has 4 N–H and O–H groups in total. The summed E-state index contributed by atoms with van der Waals surface area (Å²) in [5.74, 6) is -2.61. The minimum absolute atomic E-state index is 0.00728. The van der Waals surface area contributed by atoms with E-state index in [1.54, 1.807) is 0 Å². The van der Waals surface area contributed by atoms with Gasteiger partial charge >= 0.3 is 5.97 Å². The van der Waals surface area contributed by atoms with Crippen LogP contribution in [0.15, 0.2) is 36.4 Å². The molecule has 254 valence electrons. The number of ketones is 1. The monoisotopic (exact) mass is 670 g/mol. The normalized spacial score (nSPS) is 11.7. The van der Waals surface area contributed by atoms with Crippen molar-refractivity contribution in [2.75, 3.05) is 13.1 Å². The van der Waals surface area contributed by atoms with Crippen LogP contribution in [0, 0.1) is 0 Å². The summed E-state index contributed by atoms with van der Waals surface area (Å²) in [6.07, 6.45) is 1.74. The molecule has 2 aromatic rings. The van der Waals surface area contributed by atoms with Crippen LogP contribution in [0.5, 0.6) is 0 Å². The van der Waals surface area contributed by atoms with Gasteiger partial charge in [-0.15, -0.1) is 0 Å². The molecule has 0 spiro atoms. The number of carboxylic acids is 1. The second-order valence-electron chi connectivity index (χ2n) is 12.4. The van der Waals surface area contributed by atoms with Crippen molar-refractivity contribution in [1.29, 1.82) is 0 Å². The molecule has 2 amide bonds. The van der Waals surface area contributed by atoms with Crippen LogP contribution >= 0.6 is 0 Å². The Hall–Kier alpha value is -3.13. The molecule has 11 heteroatoms. The molecule has 0 saturated heterocycles. The van der Waals surface area contributed by atoms with Crippen molar-refractivity contribution in [3.63, 3.8) is 0 Å². The minimum atomic E-state index is -1.31. The lowest BCUT2D eigenvalue weighted by Crippen LogP contribution is -2.33. The van der Waals surface area contributed by atoms with Crippen molar-refractivity contribution in [3.05, 3.63) is 69.8 Å². The van der Waals surface area contributed by atoms with Gasteiger partial charge in [-0.2, -0.15) is 0 Å². The second kappa shape index (κ2) is 18.9. The second-order valence-corrected chi connectivity index (χ2v) is 23.6. The fraction of sp³-hybridized carbons (Fsp3) is 0.543. The number of carbonyl (C=O) groups excluding carboxylic acids is 3. The summed E-state index contributed by atoms with van der Waals surface area (Å²) in [6, 6.07) is 18.0. The number of hydrogen-bond donors (Lipinski definition) is 4. The molecule has 0 saturated carbocycles. The highest BCUT2D eigenvalue weighted by molar-refractivity contribution is 6.80. The first kappa shape index (κ1) is 39.1. The third-order valence-corrected chi connectivity index (χ3v) is 22.3. The molecule has 0 fully saturated rings. The van der Waals surface area contributed by atoms with Crippen LogP contribution < -0.4 is 10.6 Å². The topological polar surface area (TPSA) is 142 Å². The first-order valence-corrected chi connectivity index (χ1v) is 22.5. The Bertz CT molecular complexity index is 1320. The van der Waals surface area contributed by atoms with E-state index in [9.17, 15) is 29.5 Å². The first-order valence-electron chi connectivity index (χ1n) is 16.9. The zero-order valence-corrected chi connectivity index (χ0v) is 30.6. The molecule has 0 bridgehead atoms. The van der Waals surface area contributed by atoms with Gasteiger partial charge in [0.1, 0.15) is 6.61 Å². The molecule has 0 radical (unpaired) electrons. The van der Waals surface area contributed by atoms with Crippen LogP contribution in [0.2, 0.25) is 48.4 Å². The summed E-state index contributed by atoms with van der Waals surface area (Å²) < 4.78 is 0. The lowest BCUT2D eigenvalue weighted by molar-refractivity contribution is -0.253. The average Bonchev–Trinajstić information content (AvgIpc) is 3.08. The van der Waals surface area contributed by atoms with Gasteiger partial charge in [0.05, 0.1) is 27.3 Å². The van der Waals surface area contributed by atoms with Gasteiger partial charge in [0.2, 0.25) is 0 Å². The lowest BCUT2D eigenvalue weighted by Gasteiger charge is -2.28. The summed E-state index contributed by atoms with van der Waals surface area (Å²) in [7, 11) is -2.60. The zero-order chi connectivity index (χ0) is 34.3. The molecular formula is C35H54N2O7Si2. The highest BCUT2D eigenvalue weighted by atomic mass is 28.3. The van der Waals surface area contributed by atoms with Gasteiger partial charge < -0.3 is 15.7 Å². The molecule has 0 aliphatic heterocycles. The number of amides is 2. The van der Waals surface area contributed by atoms with Crippen LogP contribution in [0.1, 0.15) is 107 Å². The van der Waals surface area contributed by atoms with Crippen molar-refractivity contribution >= 4 is 39.7 Å². The number of rotatable bonds is 21. The Morgan fingerprint density at radius 3 is 1.52 bits per heavy atom. The molecule has 0 atom stereocenters. The first-order chi connectivity index (χ1) is 22.0. The van der Waals surface area contributed by atoms with Gasteiger partial charge in [0.25, 0.3) is 11.8 Å². The molecule has 46 heavy (non-hydrogen) atoms. The number of hydrogen-bond acceptors (Lipinski definition) is 6. The minimum Gasteiger partial charge on any atom is -0.478 e. The fourth-order valence-corrected chi connectivity index (χ4v) is 13.4. The summed E-state index contributed by atoms with van der Waals surface area (Å²) in [4.78, 5) is 55.8. The van der Waals surface area contributed by atoms with Crippen molar-refractivity contribution in [2.24, 2.45) is 0 Å². The Balaban J connectivity index is 2.17. The molecule has 0 aliphatic rings. The quantitative estimate of drug-likeness (QED) is 0.0348. The van der Waals surface area contributed by atoms with E-state index in [1.807, 2.05) is 0 Å². The molecule has 0 unspecified atom stereocenters. The van der Waals surface area contributed by atoms with Gasteiger partial charge in [-0.1, -0.05) is 102 Å². The maximum atomic E-state index is 13.4. The van der Waals surface area contributed by atoms with Crippen molar-refractivity contribution in [3.8, 4) is 0 Å². The SMILES string of the molecule is CC[Si](CC)(CC)CCCNC(=O)c1ccc(C(=O)c2ccc(C(=O)NCCC[Si](CC)(CC)CC)c(C(=O)O)c2)cc1COO. The number of benzene rings is 2. The lowest BCUT2D eigenvalue weighted by atomic mass is 9.95. The Morgan fingerprint density at radius 1 is 0.652 bits per heavy atom. The van der Waals surface area contributed by atoms with E-state index in [2.05, 4.69) is 57.1 Å². The van der Waals surface area contributed by atoms with Crippen LogP contribution in [0.25, 0.3) is 0 Å². The van der Waals surface area contributed by atoms with E-state index in [0.29, 0.717) is 18.7 Å². The molecule has 2 aromatic carbocycles. The smallest absolute Gasteiger partial charge is 0.336 e. The summed E-state index contributed by atoms with van der Waals surface area (Å²) in [6.45, 7) is 14.2. The molecule has 0 aliphatic carbocycles. The predicted octanol–water partition coefficient (Wildman–Crippen LogP) is 7.86. The zero-order valence-electron chi connectivity index (χ0n) is 28.6. The third kappa shape index (κ3) is 10.2. The Morgan fingerprint density at radius 2 is 1.09 bits per heavy atom. The Kier molecular flexibility index (Phi) is 16.0. The van der Waals surface area contributed by atoms with Gasteiger partial charge in [0, 0.05) is 29.8 Å². The molecule has 0 aromatic heterocycles. The van der Waals surface area contributed by atoms with Crippen LogP contribution in [-0.4, -0.2) is 63.2 Å².